The minimum absolute atomic E-state index is 0.0230. The van der Waals surface area contributed by atoms with Crippen LogP contribution in [-0.2, 0) is 10.8 Å². The number of anilines is 6. The fourth-order valence-electron chi connectivity index (χ4n) is 9.32. The summed E-state index contributed by atoms with van der Waals surface area (Å²) in [6.07, 6.45) is 0. The molecule has 0 aliphatic carbocycles. The molecular formula is C54H45BN2O2. The van der Waals surface area contributed by atoms with Crippen molar-refractivity contribution in [1.82, 2.24) is 0 Å². The lowest BCUT2D eigenvalue weighted by molar-refractivity contribution is 0.488. The van der Waals surface area contributed by atoms with E-state index in [-0.39, 0.29) is 17.5 Å². The summed E-state index contributed by atoms with van der Waals surface area (Å²) < 4.78 is 13.9. The van der Waals surface area contributed by atoms with Gasteiger partial charge in [-0.1, -0.05) is 114 Å². The van der Waals surface area contributed by atoms with Gasteiger partial charge in [0.1, 0.15) is 22.7 Å². The molecule has 0 N–H and O–H groups in total. The Morgan fingerprint density at radius 1 is 0.492 bits per heavy atom. The van der Waals surface area contributed by atoms with Gasteiger partial charge in [0.25, 0.3) is 6.71 Å². The van der Waals surface area contributed by atoms with Crippen molar-refractivity contribution in [3.05, 3.63) is 175 Å². The van der Waals surface area contributed by atoms with Gasteiger partial charge in [0.15, 0.2) is 0 Å². The van der Waals surface area contributed by atoms with Crippen molar-refractivity contribution in [2.45, 2.75) is 52.4 Å². The number of para-hydroxylation sites is 2. The highest BCUT2D eigenvalue weighted by Gasteiger charge is 2.42. The van der Waals surface area contributed by atoms with Crippen LogP contribution in [0.4, 0.5) is 34.1 Å². The van der Waals surface area contributed by atoms with E-state index in [1.54, 1.807) is 0 Å². The SMILES string of the molecule is CC(C)(C)c1ccc(N2c3ccc(C(C)(C)C)cc3B3c4cc5oc6c7ccc(N(c8ccccc8)c8ccccc8)cc7ccc6c5cc4Oc4cccc2c43)cc1. The van der Waals surface area contributed by atoms with Crippen LogP contribution in [0.5, 0.6) is 11.5 Å². The Morgan fingerprint density at radius 3 is 1.86 bits per heavy atom. The Labute approximate surface area is 346 Å². The van der Waals surface area contributed by atoms with Crippen molar-refractivity contribution >= 4 is 89.9 Å². The topological polar surface area (TPSA) is 28.9 Å². The monoisotopic (exact) mass is 764 g/mol. The van der Waals surface area contributed by atoms with E-state index in [9.17, 15) is 0 Å². The molecule has 0 radical (unpaired) electrons. The number of furan rings is 1. The summed E-state index contributed by atoms with van der Waals surface area (Å²) in [7, 11) is 0. The number of hydrogen-bond acceptors (Lipinski definition) is 4. The summed E-state index contributed by atoms with van der Waals surface area (Å²) in [5.74, 6) is 1.77. The molecule has 286 valence electrons. The van der Waals surface area contributed by atoms with E-state index in [1.165, 1.54) is 27.7 Å². The third kappa shape index (κ3) is 5.67. The van der Waals surface area contributed by atoms with Gasteiger partial charge in [-0.3, -0.25) is 0 Å². The van der Waals surface area contributed by atoms with E-state index >= 15 is 0 Å². The first kappa shape index (κ1) is 35.4. The Hall–Kier alpha value is -6.72. The summed E-state index contributed by atoms with van der Waals surface area (Å²) in [6, 6.07) is 59.3. The second kappa shape index (κ2) is 12.9. The minimum Gasteiger partial charge on any atom is -0.458 e. The van der Waals surface area contributed by atoms with Gasteiger partial charge in [-0.15, -0.1) is 0 Å². The van der Waals surface area contributed by atoms with Crippen LogP contribution in [0.3, 0.4) is 0 Å². The average Bonchev–Trinajstić information content (AvgIpc) is 3.60. The third-order valence-electron chi connectivity index (χ3n) is 12.4. The smallest absolute Gasteiger partial charge is 0.256 e. The van der Waals surface area contributed by atoms with Gasteiger partial charge >= 0.3 is 0 Å². The summed E-state index contributed by atoms with van der Waals surface area (Å²) in [6.45, 7) is 13.7. The molecule has 3 heterocycles. The molecular weight excluding hydrogens is 719 g/mol. The Bertz CT molecular complexity index is 3060. The maximum atomic E-state index is 6.95. The molecule has 0 unspecified atom stereocenters. The van der Waals surface area contributed by atoms with Gasteiger partial charge < -0.3 is 19.0 Å². The fraction of sp³-hybridized carbons (Fsp3) is 0.148. The number of rotatable bonds is 4. The first-order valence-corrected chi connectivity index (χ1v) is 20.7. The van der Waals surface area contributed by atoms with E-state index in [1.807, 2.05) is 0 Å². The van der Waals surface area contributed by atoms with Gasteiger partial charge in [0.05, 0.1) is 0 Å². The molecule has 9 aromatic rings. The largest absolute Gasteiger partial charge is 0.458 e. The van der Waals surface area contributed by atoms with Crippen LogP contribution in [-0.4, -0.2) is 6.71 Å². The molecule has 0 amide bonds. The summed E-state index contributed by atoms with van der Waals surface area (Å²) in [4.78, 5) is 4.73. The molecule has 2 aliphatic rings. The highest BCUT2D eigenvalue weighted by atomic mass is 16.5. The van der Waals surface area contributed by atoms with Gasteiger partial charge in [-0.05, 0) is 135 Å². The number of ether oxygens (including phenoxy) is 1. The van der Waals surface area contributed by atoms with Crippen LogP contribution >= 0.6 is 0 Å². The van der Waals surface area contributed by atoms with E-state index in [0.717, 1.165) is 78.1 Å². The quantitative estimate of drug-likeness (QED) is 0.167. The van der Waals surface area contributed by atoms with Crippen LogP contribution in [0, 0.1) is 0 Å². The van der Waals surface area contributed by atoms with Gasteiger partial charge in [-0.25, -0.2) is 0 Å². The molecule has 4 nitrogen and oxygen atoms in total. The summed E-state index contributed by atoms with van der Waals surface area (Å²) in [5.41, 5.74) is 14.8. The molecule has 0 spiro atoms. The lowest BCUT2D eigenvalue weighted by atomic mass is 9.34. The Kier molecular flexibility index (Phi) is 7.75. The lowest BCUT2D eigenvalue weighted by Crippen LogP contribution is -2.59. The van der Waals surface area contributed by atoms with E-state index < -0.39 is 0 Å². The lowest BCUT2D eigenvalue weighted by Gasteiger charge is -2.40. The van der Waals surface area contributed by atoms with E-state index in [4.69, 9.17) is 9.15 Å². The van der Waals surface area contributed by atoms with Crippen LogP contribution in [0.15, 0.2) is 168 Å². The third-order valence-corrected chi connectivity index (χ3v) is 12.4. The second-order valence-corrected chi connectivity index (χ2v) is 18.2. The normalized spacial score (nSPS) is 13.3. The molecule has 5 heteroatoms. The maximum absolute atomic E-state index is 6.95. The predicted molar refractivity (Wildman–Crippen MR) is 249 cm³/mol. The van der Waals surface area contributed by atoms with Crippen LogP contribution in [0.2, 0.25) is 0 Å². The summed E-state index contributed by atoms with van der Waals surface area (Å²) >= 11 is 0. The molecule has 1 aromatic heterocycles. The molecule has 0 bridgehead atoms. The van der Waals surface area contributed by atoms with Crippen molar-refractivity contribution in [2.75, 3.05) is 9.80 Å². The highest BCUT2D eigenvalue weighted by molar-refractivity contribution is 6.99. The highest BCUT2D eigenvalue weighted by Crippen LogP contribution is 2.44. The molecule has 11 rings (SSSR count). The molecule has 0 fully saturated rings. The molecule has 8 aromatic carbocycles. The molecule has 0 saturated heterocycles. The Morgan fingerprint density at radius 2 is 1.17 bits per heavy atom. The second-order valence-electron chi connectivity index (χ2n) is 18.2. The molecule has 59 heavy (non-hydrogen) atoms. The van der Waals surface area contributed by atoms with Crippen molar-refractivity contribution in [3.8, 4) is 11.5 Å². The molecule has 0 atom stereocenters. The molecule has 0 saturated carbocycles. The number of benzene rings is 8. The Balaban J connectivity index is 1.07. The average molecular weight is 765 g/mol. The zero-order valence-corrected chi connectivity index (χ0v) is 34.4. The van der Waals surface area contributed by atoms with Crippen molar-refractivity contribution in [2.24, 2.45) is 0 Å². The van der Waals surface area contributed by atoms with E-state index in [2.05, 4.69) is 215 Å². The van der Waals surface area contributed by atoms with Crippen LogP contribution in [0.25, 0.3) is 32.7 Å². The van der Waals surface area contributed by atoms with Crippen molar-refractivity contribution in [1.29, 1.82) is 0 Å². The van der Waals surface area contributed by atoms with Crippen molar-refractivity contribution in [3.63, 3.8) is 0 Å². The fourth-order valence-corrected chi connectivity index (χ4v) is 9.32. The number of hydrogen-bond donors (Lipinski definition) is 0. The zero-order chi connectivity index (χ0) is 40.2. The minimum atomic E-state index is -0.0359. The summed E-state index contributed by atoms with van der Waals surface area (Å²) in [5, 5.41) is 4.34. The van der Waals surface area contributed by atoms with Crippen LogP contribution < -0.4 is 30.9 Å². The first-order valence-electron chi connectivity index (χ1n) is 20.7. The maximum Gasteiger partial charge on any atom is 0.256 e. The van der Waals surface area contributed by atoms with Gasteiger partial charge in [0, 0.05) is 50.3 Å². The van der Waals surface area contributed by atoms with Crippen molar-refractivity contribution < 1.29 is 9.15 Å². The number of nitrogens with zero attached hydrogens (tertiary/aromatic N) is 2. The molecule has 2 aliphatic heterocycles. The predicted octanol–water partition coefficient (Wildman–Crippen LogP) is 13.2. The first-order chi connectivity index (χ1) is 28.5. The number of fused-ring (bicyclic) bond motifs is 9. The van der Waals surface area contributed by atoms with Crippen LogP contribution in [0.1, 0.15) is 52.7 Å². The van der Waals surface area contributed by atoms with Gasteiger partial charge in [-0.2, -0.15) is 0 Å². The zero-order valence-electron chi connectivity index (χ0n) is 34.4. The van der Waals surface area contributed by atoms with Gasteiger partial charge in [0.2, 0.25) is 0 Å². The standard InChI is InChI=1S/C54H45BN2O2/c1-53(2,3)35-21-24-39(25-22-35)57-46-29-23-36(54(4,5)6)31-44(46)55-45-33-49-43(32-50(45)58-48-19-13-18-47(57)51(48)55)42-27-20-34-30-40(26-28-41(34)52(42)59-49)56(37-14-9-7-10-15-37)38-16-11-8-12-17-38/h7-33H,1-6H3. The van der Waals surface area contributed by atoms with E-state index in [0.29, 0.717) is 0 Å².